The lowest BCUT2D eigenvalue weighted by Gasteiger charge is -2.24. The SMILES string of the molecule is c1ccc(-c2cnc(C3Cc4ccccc4CN3)[nH]2)nc1. The maximum atomic E-state index is 4.53. The number of fused-ring (bicyclic) bond motifs is 1. The van der Waals surface area contributed by atoms with Crippen molar-refractivity contribution in [2.45, 2.75) is 19.0 Å². The van der Waals surface area contributed by atoms with E-state index < -0.39 is 0 Å². The van der Waals surface area contributed by atoms with Crippen molar-refractivity contribution in [3.63, 3.8) is 0 Å². The van der Waals surface area contributed by atoms with Crippen molar-refractivity contribution in [2.24, 2.45) is 0 Å². The van der Waals surface area contributed by atoms with Crippen LogP contribution in [-0.2, 0) is 13.0 Å². The Bertz CT molecular complexity index is 748. The Balaban J connectivity index is 1.60. The van der Waals surface area contributed by atoms with Gasteiger partial charge >= 0.3 is 0 Å². The number of aromatic nitrogens is 3. The van der Waals surface area contributed by atoms with Crippen LogP contribution in [0.1, 0.15) is 23.0 Å². The lowest BCUT2D eigenvalue weighted by Crippen LogP contribution is -2.29. The molecule has 1 atom stereocenters. The Morgan fingerprint density at radius 1 is 0.952 bits per heavy atom. The number of benzene rings is 1. The molecular formula is C17H16N4. The smallest absolute Gasteiger partial charge is 0.124 e. The molecule has 3 aromatic rings. The molecule has 0 aliphatic carbocycles. The lowest BCUT2D eigenvalue weighted by molar-refractivity contribution is 0.480. The van der Waals surface area contributed by atoms with Crippen molar-refractivity contribution in [2.75, 3.05) is 0 Å². The first kappa shape index (κ1) is 12.3. The van der Waals surface area contributed by atoms with Gasteiger partial charge in [0.1, 0.15) is 5.82 Å². The zero-order chi connectivity index (χ0) is 14.1. The molecule has 0 bridgehead atoms. The van der Waals surface area contributed by atoms with E-state index in [4.69, 9.17) is 0 Å². The van der Waals surface area contributed by atoms with Gasteiger partial charge in [-0.2, -0.15) is 0 Å². The van der Waals surface area contributed by atoms with Crippen LogP contribution in [0.4, 0.5) is 0 Å². The summed E-state index contributed by atoms with van der Waals surface area (Å²) in [5, 5.41) is 3.54. The van der Waals surface area contributed by atoms with Gasteiger partial charge in [-0.25, -0.2) is 4.98 Å². The van der Waals surface area contributed by atoms with Crippen molar-refractivity contribution in [1.29, 1.82) is 0 Å². The quantitative estimate of drug-likeness (QED) is 0.756. The molecular weight excluding hydrogens is 260 g/mol. The molecule has 0 radical (unpaired) electrons. The van der Waals surface area contributed by atoms with Crippen LogP contribution in [0.5, 0.6) is 0 Å². The number of H-pyrrole nitrogens is 1. The minimum Gasteiger partial charge on any atom is -0.339 e. The highest BCUT2D eigenvalue weighted by Crippen LogP contribution is 2.25. The average molecular weight is 276 g/mol. The predicted molar refractivity (Wildman–Crippen MR) is 81.5 cm³/mol. The summed E-state index contributed by atoms with van der Waals surface area (Å²) < 4.78 is 0. The molecule has 4 rings (SSSR count). The Kier molecular flexibility index (Phi) is 3.01. The topological polar surface area (TPSA) is 53.6 Å². The summed E-state index contributed by atoms with van der Waals surface area (Å²) in [4.78, 5) is 12.3. The molecule has 2 N–H and O–H groups in total. The van der Waals surface area contributed by atoms with E-state index in [2.05, 4.69) is 44.5 Å². The zero-order valence-corrected chi connectivity index (χ0v) is 11.6. The molecule has 0 saturated carbocycles. The van der Waals surface area contributed by atoms with E-state index in [1.54, 1.807) is 6.20 Å². The van der Waals surface area contributed by atoms with Crippen molar-refractivity contribution in [3.05, 3.63) is 71.8 Å². The highest BCUT2D eigenvalue weighted by molar-refractivity contribution is 5.52. The molecule has 2 aromatic heterocycles. The van der Waals surface area contributed by atoms with Crippen LogP contribution in [0.3, 0.4) is 0 Å². The number of aromatic amines is 1. The number of nitrogens with one attached hydrogen (secondary N) is 2. The van der Waals surface area contributed by atoms with Crippen LogP contribution in [0.2, 0.25) is 0 Å². The third kappa shape index (κ3) is 2.34. The first-order valence-electron chi connectivity index (χ1n) is 7.16. The molecule has 4 heteroatoms. The minimum absolute atomic E-state index is 0.234. The highest BCUT2D eigenvalue weighted by atomic mass is 15.0. The predicted octanol–water partition coefficient (Wildman–Crippen LogP) is 2.86. The van der Waals surface area contributed by atoms with E-state index in [-0.39, 0.29) is 6.04 Å². The minimum atomic E-state index is 0.234. The molecule has 1 unspecified atom stereocenters. The van der Waals surface area contributed by atoms with Gasteiger partial charge in [0.2, 0.25) is 0 Å². The van der Waals surface area contributed by atoms with E-state index in [9.17, 15) is 0 Å². The van der Waals surface area contributed by atoms with Crippen LogP contribution in [0.25, 0.3) is 11.4 Å². The summed E-state index contributed by atoms with van der Waals surface area (Å²) in [6.07, 6.45) is 4.62. The van der Waals surface area contributed by atoms with Gasteiger partial charge in [0.05, 0.1) is 23.6 Å². The van der Waals surface area contributed by atoms with Gasteiger partial charge in [-0.05, 0) is 29.7 Å². The van der Waals surface area contributed by atoms with Gasteiger partial charge in [0.25, 0.3) is 0 Å². The largest absolute Gasteiger partial charge is 0.339 e. The molecule has 21 heavy (non-hydrogen) atoms. The third-order valence-corrected chi connectivity index (χ3v) is 3.95. The molecule has 1 aliphatic rings. The van der Waals surface area contributed by atoms with Crippen LogP contribution in [0, 0.1) is 0 Å². The normalized spacial score (nSPS) is 17.4. The van der Waals surface area contributed by atoms with Gasteiger partial charge in [0.15, 0.2) is 0 Å². The maximum absolute atomic E-state index is 4.53. The fourth-order valence-electron chi connectivity index (χ4n) is 2.81. The first-order valence-corrected chi connectivity index (χ1v) is 7.16. The van der Waals surface area contributed by atoms with Crippen molar-refractivity contribution < 1.29 is 0 Å². The fourth-order valence-corrected chi connectivity index (χ4v) is 2.81. The highest BCUT2D eigenvalue weighted by Gasteiger charge is 2.21. The zero-order valence-electron chi connectivity index (χ0n) is 11.6. The van der Waals surface area contributed by atoms with Crippen molar-refractivity contribution >= 4 is 0 Å². The molecule has 1 aromatic carbocycles. The van der Waals surface area contributed by atoms with E-state index in [1.165, 1.54) is 11.1 Å². The molecule has 0 saturated heterocycles. The third-order valence-electron chi connectivity index (χ3n) is 3.95. The van der Waals surface area contributed by atoms with Gasteiger partial charge in [0, 0.05) is 12.7 Å². The number of imidazole rings is 1. The lowest BCUT2D eigenvalue weighted by atomic mass is 9.96. The Morgan fingerprint density at radius 2 is 1.81 bits per heavy atom. The van der Waals surface area contributed by atoms with Crippen molar-refractivity contribution in [1.82, 2.24) is 20.3 Å². The summed E-state index contributed by atoms with van der Waals surface area (Å²) in [6.45, 7) is 0.889. The second-order valence-corrected chi connectivity index (χ2v) is 5.30. The van der Waals surface area contributed by atoms with Gasteiger partial charge < -0.3 is 10.3 Å². The Hall–Kier alpha value is -2.46. The second kappa shape index (κ2) is 5.14. The van der Waals surface area contributed by atoms with Crippen LogP contribution >= 0.6 is 0 Å². The second-order valence-electron chi connectivity index (χ2n) is 5.30. The number of hydrogen-bond acceptors (Lipinski definition) is 3. The van der Waals surface area contributed by atoms with E-state index in [0.29, 0.717) is 0 Å². The molecule has 104 valence electrons. The Labute approximate surface area is 123 Å². The van der Waals surface area contributed by atoms with E-state index >= 15 is 0 Å². The molecule has 0 amide bonds. The number of hydrogen-bond donors (Lipinski definition) is 2. The number of rotatable bonds is 2. The maximum Gasteiger partial charge on any atom is 0.124 e. The molecule has 4 nitrogen and oxygen atoms in total. The molecule has 0 spiro atoms. The standard InChI is InChI=1S/C17H16N4/c1-2-6-13-10-19-15(9-12(13)5-1)17-20-11-16(21-17)14-7-3-4-8-18-14/h1-8,11,15,19H,9-10H2,(H,20,21). The van der Waals surface area contributed by atoms with Crippen LogP contribution in [0.15, 0.2) is 54.9 Å². The van der Waals surface area contributed by atoms with Crippen LogP contribution in [-0.4, -0.2) is 15.0 Å². The number of nitrogens with zero attached hydrogens (tertiary/aromatic N) is 2. The summed E-state index contributed by atoms with van der Waals surface area (Å²) in [6, 6.07) is 14.7. The fraction of sp³-hybridized carbons (Fsp3) is 0.176. The number of pyridine rings is 1. The molecule has 0 fully saturated rings. The summed E-state index contributed by atoms with van der Waals surface area (Å²) in [5.41, 5.74) is 4.67. The average Bonchev–Trinajstić information content (AvgIpc) is 3.05. The van der Waals surface area contributed by atoms with Gasteiger partial charge in [-0.15, -0.1) is 0 Å². The van der Waals surface area contributed by atoms with E-state index in [1.807, 2.05) is 24.4 Å². The Morgan fingerprint density at radius 3 is 2.67 bits per heavy atom. The first-order chi connectivity index (χ1) is 10.4. The molecule has 1 aliphatic heterocycles. The summed E-state index contributed by atoms with van der Waals surface area (Å²) >= 11 is 0. The van der Waals surface area contributed by atoms with E-state index in [0.717, 1.165) is 30.2 Å². The van der Waals surface area contributed by atoms with Crippen molar-refractivity contribution in [3.8, 4) is 11.4 Å². The summed E-state index contributed by atoms with van der Waals surface area (Å²) in [5.74, 6) is 0.977. The van der Waals surface area contributed by atoms with Crippen LogP contribution < -0.4 is 5.32 Å². The summed E-state index contributed by atoms with van der Waals surface area (Å²) in [7, 11) is 0. The van der Waals surface area contributed by atoms with Gasteiger partial charge in [-0.1, -0.05) is 30.3 Å². The monoisotopic (exact) mass is 276 g/mol. The van der Waals surface area contributed by atoms with Gasteiger partial charge in [-0.3, -0.25) is 4.98 Å². The molecule has 3 heterocycles.